The van der Waals surface area contributed by atoms with Crippen LogP contribution in [0.1, 0.15) is 30.9 Å². The van der Waals surface area contributed by atoms with Gasteiger partial charge in [0.05, 0.1) is 22.9 Å². The van der Waals surface area contributed by atoms with E-state index in [9.17, 15) is 0 Å². The van der Waals surface area contributed by atoms with Crippen LogP contribution in [0.3, 0.4) is 0 Å². The molecule has 20 heavy (non-hydrogen) atoms. The molecule has 0 aliphatic heterocycles. The molecule has 2 heterocycles. The third-order valence-electron chi connectivity index (χ3n) is 3.32. The van der Waals surface area contributed by atoms with Crippen LogP contribution in [0.15, 0.2) is 21.4 Å². The topological polar surface area (TPSA) is 55.9 Å². The van der Waals surface area contributed by atoms with Crippen LogP contribution in [0.5, 0.6) is 0 Å². The molecule has 2 aromatic heterocycles. The van der Waals surface area contributed by atoms with Crippen LogP contribution in [0.4, 0.5) is 0 Å². The quantitative estimate of drug-likeness (QED) is 0.878. The molecule has 2 atom stereocenters. The fraction of sp³-hybridized carbons (Fsp3) is 0.571. The predicted octanol–water partition coefficient (Wildman–Crippen LogP) is 2.86. The Morgan fingerprint density at radius 3 is 2.65 bits per heavy atom. The van der Waals surface area contributed by atoms with Crippen molar-refractivity contribution in [1.82, 2.24) is 20.3 Å². The molecule has 0 unspecified atom stereocenters. The lowest BCUT2D eigenvalue weighted by molar-refractivity contribution is 0.388. The molecule has 1 N–H and O–H groups in total. The maximum atomic E-state index is 5.20. The van der Waals surface area contributed by atoms with Crippen molar-refractivity contribution < 1.29 is 4.52 Å². The smallest absolute Gasteiger partial charge is 0.137 e. The number of nitrogens with zero attached hydrogens (tertiary/aromatic N) is 3. The van der Waals surface area contributed by atoms with Gasteiger partial charge in [0.15, 0.2) is 0 Å². The highest BCUT2D eigenvalue weighted by molar-refractivity contribution is 9.10. The van der Waals surface area contributed by atoms with Crippen molar-refractivity contribution in [3.8, 4) is 0 Å². The van der Waals surface area contributed by atoms with Crippen LogP contribution in [0, 0.1) is 13.8 Å². The van der Waals surface area contributed by atoms with Crippen LogP contribution < -0.4 is 5.32 Å². The van der Waals surface area contributed by atoms with Crippen molar-refractivity contribution in [3.63, 3.8) is 0 Å². The molecular formula is C14H21BrN4O. The zero-order valence-corrected chi connectivity index (χ0v) is 13.9. The maximum absolute atomic E-state index is 5.20. The van der Waals surface area contributed by atoms with E-state index in [0.29, 0.717) is 12.1 Å². The molecular weight excluding hydrogens is 320 g/mol. The van der Waals surface area contributed by atoms with E-state index in [4.69, 9.17) is 4.52 Å². The predicted molar refractivity (Wildman–Crippen MR) is 81.7 cm³/mol. The second-order valence-electron chi connectivity index (χ2n) is 5.36. The Morgan fingerprint density at radius 1 is 1.35 bits per heavy atom. The highest BCUT2D eigenvalue weighted by atomic mass is 79.9. The maximum Gasteiger partial charge on any atom is 0.137 e. The van der Waals surface area contributed by atoms with Crippen molar-refractivity contribution in [1.29, 1.82) is 0 Å². The molecule has 2 rings (SSSR count). The third-order valence-corrected chi connectivity index (χ3v) is 3.73. The fourth-order valence-corrected chi connectivity index (χ4v) is 2.74. The van der Waals surface area contributed by atoms with Gasteiger partial charge in [0.25, 0.3) is 0 Å². The standard InChI is InChI=1S/C14H21BrN4O/c1-9(5-14-11(3)18-20-12(14)4)17-10(2)7-19-8-13(15)6-16-19/h6,8-10,17H,5,7H2,1-4H3/t9-,10-/m0/s1. The van der Waals surface area contributed by atoms with Crippen molar-refractivity contribution >= 4 is 15.9 Å². The first kappa shape index (κ1) is 15.3. The Labute approximate surface area is 127 Å². The Bertz CT molecular complexity index is 544. The number of rotatable bonds is 6. The third kappa shape index (κ3) is 3.93. The van der Waals surface area contributed by atoms with Crippen molar-refractivity contribution in [2.45, 2.75) is 52.7 Å². The molecule has 0 aromatic carbocycles. The minimum atomic E-state index is 0.345. The molecule has 0 aliphatic carbocycles. The summed E-state index contributed by atoms with van der Waals surface area (Å²) in [6.07, 6.45) is 4.71. The van der Waals surface area contributed by atoms with Gasteiger partial charge in [0.2, 0.25) is 0 Å². The van der Waals surface area contributed by atoms with E-state index in [1.54, 1.807) is 6.20 Å². The second kappa shape index (κ2) is 6.54. The average molecular weight is 341 g/mol. The highest BCUT2D eigenvalue weighted by Crippen LogP contribution is 2.14. The van der Waals surface area contributed by atoms with E-state index in [-0.39, 0.29) is 0 Å². The molecule has 0 radical (unpaired) electrons. The summed E-state index contributed by atoms with van der Waals surface area (Å²) in [5.41, 5.74) is 2.19. The van der Waals surface area contributed by atoms with Crippen molar-refractivity contribution in [2.75, 3.05) is 0 Å². The summed E-state index contributed by atoms with van der Waals surface area (Å²) in [6.45, 7) is 9.15. The van der Waals surface area contributed by atoms with E-state index in [1.165, 1.54) is 5.56 Å². The van der Waals surface area contributed by atoms with Crippen LogP contribution >= 0.6 is 15.9 Å². The highest BCUT2D eigenvalue weighted by Gasteiger charge is 2.14. The zero-order valence-electron chi connectivity index (χ0n) is 12.4. The summed E-state index contributed by atoms with van der Waals surface area (Å²) in [4.78, 5) is 0. The summed E-state index contributed by atoms with van der Waals surface area (Å²) in [7, 11) is 0. The van der Waals surface area contributed by atoms with Gasteiger partial charge in [-0.3, -0.25) is 4.68 Å². The Morgan fingerprint density at radius 2 is 2.10 bits per heavy atom. The number of hydrogen-bond acceptors (Lipinski definition) is 4. The van der Waals surface area contributed by atoms with Crippen molar-refractivity contribution in [3.05, 3.63) is 33.9 Å². The number of aryl methyl sites for hydroxylation is 2. The molecule has 110 valence electrons. The van der Waals surface area contributed by atoms with Gasteiger partial charge in [0, 0.05) is 23.8 Å². The van der Waals surface area contributed by atoms with E-state index in [2.05, 4.69) is 45.3 Å². The lowest BCUT2D eigenvalue weighted by Gasteiger charge is -2.20. The Hall–Kier alpha value is -1.14. The minimum Gasteiger partial charge on any atom is -0.361 e. The van der Waals surface area contributed by atoms with Crippen LogP contribution in [0.25, 0.3) is 0 Å². The normalized spacial score (nSPS) is 14.4. The summed E-state index contributed by atoms with van der Waals surface area (Å²) in [5.74, 6) is 0.916. The summed E-state index contributed by atoms with van der Waals surface area (Å²) >= 11 is 3.41. The first-order valence-corrected chi connectivity index (χ1v) is 7.60. The Balaban J connectivity index is 1.86. The number of hydrogen-bond donors (Lipinski definition) is 1. The fourth-order valence-electron chi connectivity index (χ4n) is 2.42. The first-order valence-electron chi connectivity index (χ1n) is 6.81. The molecule has 0 bridgehead atoms. The zero-order chi connectivity index (χ0) is 14.7. The largest absolute Gasteiger partial charge is 0.361 e. The van der Waals surface area contributed by atoms with Crippen molar-refractivity contribution in [2.24, 2.45) is 0 Å². The average Bonchev–Trinajstić information content (AvgIpc) is 2.89. The molecule has 0 fully saturated rings. The van der Waals surface area contributed by atoms with Gasteiger partial charge >= 0.3 is 0 Å². The van der Waals surface area contributed by atoms with E-state index < -0.39 is 0 Å². The van der Waals surface area contributed by atoms with Crippen LogP contribution in [-0.4, -0.2) is 27.0 Å². The van der Waals surface area contributed by atoms with Gasteiger partial charge in [-0.15, -0.1) is 0 Å². The van der Waals surface area contributed by atoms with E-state index in [1.807, 2.05) is 24.7 Å². The van der Waals surface area contributed by atoms with Gasteiger partial charge in [-0.05, 0) is 50.0 Å². The first-order chi connectivity index (χ1) is 9.45. The van der Waals surface area contributed by atoms with Gasteiger partial charge in [-0.2, -0.15) is 5.10 Å². The molecule has 0 saturated carbocycles. The van der Waals surface area contributed by atoms with Gasteiger partial charge < -0.3 is 9.84 Å². The number of aromatic nitrogens is 3. The monoisotopic (exact) mass is 340 g/mol. The summed E-state index contributed by atoms with van der Waals surface area (Å²) < 4.78 is 8.15. The van der Waals surface area contributed by atoms with Gasteiger partial charge in [-0.25, -0.2) is 0 Å². The lowest BCUT2D eigenvalue weighted by atomic mass is 10.1. The lowest BCUT2D eigenvalue weighted by Crippen LogP contribution is -2.38. The number of halogens is 1. The molecule has 0 saturated heterocycles. The second-order valence-corrected chi connectivity index (χ2v) is 6.27. The van der Waals surface area contributed by atoms with Gasteiger partial charge in [-0.1, -0.05) is 5.16 Å². The molecule has 0 aliphatic rings. The molecule has 6 heteroatoms. The van der Waals surface area contributed by atoms with Gasteiger partial charge in [0.1, 0.15) is 5.76 Å². The van der Waals surface area contributed by atoms with E-state index in [0.717, 1.165) is 28.9 Å². The SMILES string of the molecule is Cc1noc(C)c1C[C@H](C)N[C@@H](C)Cn1cc(Br)cn1. The molecule has 0 amide bonds. The molecule has 5 nitrogen and oxygen atoms in total. The number of nitrogens with one attached hydrogen (secondary N) is 1. The molecule has 2 aromatic rings. The molecule has 0 spiro atoms. The summed E-state index contributed by atoms with van der Waals surface area (Å²) in [6, 6.07) is 0.707. The van der Waals surface area contributed by atoms with Crippen LogP contribution in [0.2, 0.25) is 0 Å². The van der Waals surface area contributed by atoms with Crippen LogP contribution in [-0.2, 0) is 13.0 Å². The summed E-state index contributed by atoms with van der Waals surface area (Å²) in [5, 5.41) is 11.9. The van der Waals surface area contributed by atoms with E-state index >= 15 is 0 Å². The minimum absolute atomic E-state index is 0.345. The Kier molecular flexibility index (Phi) is 4.99.